The van der Waals surface area contributed by atoms with E-state index in [2.05, 4.69) is 154 Å². The molecule has 0 aliphatic heterocycles. The van der Waals surface area contributed by atoms with Crippen LogP contribution in [-0.2, 0) is 25.7 Å². The van der Waals surface area contributed by atoms with E-state index < -0.39 is 0 Å². The lowest BCUT2D eigenvalue weighted by molar-refractivity contribution is 0.809. The van der Waals surface area contributed by atoms with Crippen molar-refractivity contribution < 1.29 is 0 Å². The van der Waals surface area contributed by atoms with Gasteiger partial charge in [0.15, 0.2) is 0 Å². The predicted octanol–water partition coefficient (Wildman–Crippen LogP) is 13.8. The Morgan fingerprint density at radius 3 is 1.12 bits per heavy atom. The molecule has 0 aliphatic rings. The molecule has 7 aromatic rings. The fourth-order valence-corrected chi connectivity index (χ4v) is 8.36. The minimum absolute atomic E-state index is 1.08. The molecule has 1 aromatic heterocycles. The summed E-state index contributed by atoms with van der Waals surface area (Å²) in [6.45, 7) is 9.40. The Morgan fingerprint density at radius 2 is 0.673 bits per heavy atom. The van der Waals surface area contributed by atoms with Gasteiger partial charge in [-0.05, 0) is 75.8 Å². The van der Waals surface area contributed by atoms with Gasteiger partial charge in [0.1, 0.15) is 0 Å². The zero-order chi connectivity index (χ0) is 33.7. The summed E-state index contributed by atoms with van der Waals surface area (Å²) >= 11 is 0. The third-order valence-electron chi connectivity index (χ3n) is 10.2. The van der Waals surface area contributed by atoms with Gasteiger partial charge < -0.3 is 4.98 Å². The van der Waals surface area contributed by atoms with E-state index >= 15 is 0 Å². The summed E-state index contributed by atoms with van der Waals surface area (Å²) in [6.07, 6.45) is 8.99. The highest BCUT2D eigenvalue weighted by Gasteiger charge is 2.29. The van der Waals surface area contributed by atoms with Crippen molar-refractivity contribution in [2.75, 3.05) is 0 Å². The monoisotopic (exact) mass is 639 g/mol. The second kappa shape index (κ2) is 14.7. The van der Waals surface area contributed by atoms with Crippen LogP contribution in [0, 0.1) is 0 Å². The molecule has 0 saturated carbocycles. The first-order valence-electron chi connectivity index (χ1n) is 18.6. The van der Waals surface area contributed by atoms with Crippen LogP contribution in [-0.4, -0.2) is 4.98 Å². The minimum Gasteiger partial charge on any atom is -0.354 e. The number of benzene rings is 6. The summed E-state index contributed by atoms with van der Waals surface area (Å²) in [6, 6.07) is 44.5. The van der Waals surface area contributed by atoms with Gasteiger partial charge in [0.05, 0.1) is 11.0 Å². The van der Waals surface area contributed by atoms with Gasteiger partial charge in [-0.1, -0.05) is 175 Å². The number of aromatic nitrogens is 1. The van der Waals surface area contributed by atoms with Crippen LogP contribution in [0.5, 0.6) is 0 Å². The zero-order valence-corrected chi connectivity index (χ0v) is 29.7. The van der Waals surface area contributed by atoms with Crippen LogP contribution in [0.15, 0.2) is 121 Å². The van der Waals surface area contributed by atoms with Gasteiger partial charge in [0, 0.05) is 27.5 Å². The summed E-state index contributed by atoms with van der Waals surface area (Å²) in [4.78, 5) is 4.26. The molecule has 7 rings (SSSR count). The van der Waals surface area contributed by atoms with Crippen LogP contribution in [0.3, 0.4) is 0 Å². The average Bonchev–Trinajstić information content (AvgIpc) is 3.55. The van der Waals surface area contributed by atoms with Crippen molar-refractivity contribution >= 4 is 21.8 Å². The van der Waals surface area contributed by atoms with Crippen LogP contribution in [0.25, 0.3) is 66.3 Å². The normalized spacial score (nSPS) is 11.5. The van der Waals surface area contributed by atoms with Crippen molar-refractivity contribution in [1.29, 1.82) is 0 Å². The van der Waals surface area contributed by atoms with Crippen molar-refractivity contribution in [1.82, 2.24) is 4.98 Å². The molecule has 1 N–H and O–H groups in total. The summed E-state index contributed by atoms with van der Waals surface area (Å²) in [5.41, 5.74) is 19.2. The molecule has 0 spiro atoms. The van der Waals surface area contributed by atoms with Gasteiger partial charge in [-0.3, -0.25) is 0 Å². The van der Waals surface area contributed by atoms with Crippen molar-refractivity contribution in [2.45, 2.75) is 79.1 Å². The fraction of sp³-hybridized carbons (Fsp3) is 0.250. The molecule has 0 amide bonds. The first-order valence-corrected chi connectivity index (χ1v) is 18.6. The lowest BCUT2D eigenvalue weighted by atomic mass is 9.78. The maximum absolute atomic E-state index is 4.26. The van der Waals surface area contributed by atoms with E-state index in [4.69, 9.17) is 0 Å². The lowest BCUT2D eigenvalue weighted by Crippen LogP contribution is -2.07. The maximum atomic E-state index is 4.26. The third kappa shape index (κ3) is 5.90. The molecule has 49 heavy (non-hydrogen) atoms. The first-order chi connectivity index (χ1) is 24.2. The van der Waals surface area contributed by atoms with Gasteiger partial charge in [-0.15, -0.1) is 0 Å². The van der Waals surface area contributed by atoms with Crippen LogP contribution >= 0.6 is 0 Å². The summed E-state index contributed by atoms with van der Waals surface area (Å²) in [5.74, 6) is 0. The average molecular weight is 640 g/mol. The molecule has 0 aliphatic carbocycles. The molecule has 1 heterocycles. The smallest absolute Gasteiger partial charge is 0.0557 e. The summed E-state index contributed by atoms with van der Waals surface area (Å²) in [7, 11) is 0. The molecule has 0 unspecified atom stereocenters. The molecule has 0 saturated heterocycles. The molecule has 0 radical (unpaired) electrons. The Balaban J connectivity index is 1.85. The van der Waals surface area contributed by atoms with Crippen LogP contribution < -0.4 is 0 Å². The molecule has 0 atom stereocenters. The van der Waals surface area contributed by atoms with E-state index in [1.165, 1.54) is 66.3 Å². The highest BCUT2D eigenvalue weighted by molar-refractivity contribution is 6.26. The number of H-pyrrole nitrogens is 1. The number of nitrogens with one attached hydrogen (secondary N) is 1. The van der Waals surface area contributed by atoms with Gasteiger partial charge >= 0.3 is 0 Å². The number of aromatic amines is 1. The highest BCUT2D eigenvalue weighted by Crippen LogP contribution is 2.53. The number of hydrogen-bond donors (Lipinski definition) is 1. The topological polar surface area (TPSA) is 15.8 Å². The number of aryl methyl sites for hydroxylation is 2. The number of fused-ring (bicyclic) bond motifs is 3. The van der Waals surface area contributed by atoms with Crippen LogP contribution in [0.2, 0.25) is 0 Å². The van der Waals surface area contributed by atoms with E-state index in [1.807, 2.05) is 0 Å². The van der Waals surface area contributed by atoms with E-state index in [0.717, 1.165) is 51.4 Å². The standard InChI is InChI=1S/C48H49N/c1-5-21-37-38(22-6-2)40(24-8-4)47-45(39(37)23-7-3)46-43(35-29-17-11-18-30-35)41(33-25-13-9-14-26-33)42(34-27-15-10-16-28-34)44(48(46)49-47)36-31-19-12-20-32-36/h9-20,25-32,49H,5-8,21-24H2,1-4H3. The second-order valence-electron chi connectivity index (χ2n) is 13.5. The van der Waals surface area contributed by atoms with Gasteiger partial charge in [-0.2, -0.15) is 0 Å². The van der Waals surface area contributed by atoms with Crippen molar-refractivity contribution in [3.63, 3.8) is 0 Å². The second-order valence-corrected chi connectivity index (χ2v) is 13.5. The van der Waals surface area contributed by atoms with Crippen LogP contribution in [0.1, 0.15) is 75.6 Å². The number of hydrogen-bond acceptors (Lipinski definition) is 0. The largest absolute Gasteiger partial charge is 0.354 e. The quantitative estimate of drug-likeness (QED) is 0.137. The highest BCUT2D eigenvalue weighted by atomic mass is 14.7. The summed E-state index contributed by atoms with van der Waals surface area (Å²) < 4.78 is 0. The lowest BCUT2D eigenvalue weighted by Gasteiger charge is -2.24. The van der Waals surface area contributed by atoms with E-state index in [-0.39, 0.29) is 0 Å². The third-order valence-corrected chi connectivity index (χ3v) is 10.2. The van der Waals surface area contributed by atoms with E-state index in [1.54, 1.807) is 22.3 Å². The molecular formula is C48H49N. The van der Waals surface area contributed by atoms with Gasteiger partial charge in [-0.25, -0.2) is 0 Å². The minimum atomic E-state index is 1.08. The molecule has 0 bridgehead atoms. The maximum Gasteiger partial charge on any atom is 0.0557 e. The molecule has 246 valence electrons. The molecule has 0 fully saturated rings. The molecule has 6 aromatic carbocycles. The van der Waals surface area contributed by atoms with Crippen molar-refractivity contribution in [2.24, 2.45) is 0 Å². The van der Waals surface area contributed by atoms with Gasteiger partial charge in [0.25, 0.3) is 0 Å². The van der Waals surface area contributed by atoms with Gasteiger partial charge in [0.2, 0.25) is 0 Å². The Kier molecular flexibility index (Phi) is 9.80. The molecular weight excluding hydrogens is 591 g/mol. The zero-order valence-electron chi connectivity index (χ0n) is 29.7. The van der Waals surface area contributed by atoms with E-state index in [9.17, 15) is 0 Å². The first kappa shape index (κ1) is 32.7. The number of rotatable bonds is 12. The van der Waals surface area contributed by atoms with Crippen LogP contribution in [0.4, 0.5) is 0 Å². The summed E-state index contributed by atoms with van der Waals surface area (Å²) in [5, 5.41) is 2.83. The van der Waals surface area contributed by atoms with E-state index in [0.29, 0.717) is 0 Å². The predicted molar refractivity (Wildman–Crippen MR) is 214 cm³/mol. The van der Waals surface area contributed by atoms with Crippen molar-refractivity contribution in [3.8, 4) is 44.5 Å². The molecule has 1 nitrogen and oxygen atoms in total. The fourth-order valence-electron chi connectivity index (χ4n) is 8.36. The SMILES string of the molecule is CCCc1c(CCC)c(CCC)c2c([nH]c3c(-c4ccccc4)c(-c4ccccc4)c(-c4ccccc4)c(-c4ccccc4)c32)c1CCC. The Labute approximate surface area is 293 Å². The molecule has 1 heteroatoms. The Bertz CT molecular complexity index is 2170. The van der Waals surface area contributed by atoms with Crippen molar-refractivity contribution in [3.05, 3.63) is 144 Å². The Morgan fingerprint density at radius 1 is 0.327 bits per heavy atom. The Hall–Kier alpha value is -4.88.